The Hall–Kier alpha value is -2.41. The molecule has 4 aliphatic rings. The molecule has 3 atom stereocenters. The lowest BCUT2D eigenvalue weighted by Crippen LogP contribution is -2.50. The number of hydrogen-bond donors (Lipinski definition) is 0. The molecule has 7 nitrogen and oxygen atoms in total. The van der Waals surface area contributed by atoms with E-state index in [9.17, 15) is 9.59 Å². The maximum Gasteiger partial charge on any atom is 0.305 e. The van der Waals surface area contributed by atoms with Crippen LogP contribution in [0.3, 0.4) is 0 Å². The van der Waals surface area contributed by atoms with Crippen molar-refractivity contribution in [2.45, 2.75) is 114 Å². The number of esters is 1. The van der Waals surface area contributed by atoms with E-state index in [-0.39, 0.29) is 17.6 Å². The molecular formula is C31H44N4O3. The molecule has 1 aromatic carbocycles. The summed E-state index contributed by atoms with van der Waals surface area (Å²) in [6, 6.07) is 10.4. The van der Waals surface area contributed by atoms with Gasteiger partial charge in [0.25, 0.3) is 5.56 Å². The Kier molecular flexibility index (Phi) is 7.73. The van der Waals surface area contributed by atoms with Crippen LogP contribution in [0.4, 0.5) is 5.82 Å². The van der Waals surface area contributed by atoms with E-state index >= 15 is 0 Å². The van der Waals surface area contributed by atoms with E-state index in [1.807, 2.05) is 12.1 Å². The molecule has 1 aromatic heterocycles. The van der Waals surface area contributed by atoms with E-state index in [4.69, 9.17) is 9.72 Å². The van der Waals surface area contributed by atoms with Crippen LogP contribution in [0.1, 0.15) is 95.9 Å². The zero-order valence-electron chi connectivity index (χ0n) is 23.0. The number of carbonyl (C=O) groups is 1. The van der Waals surface area contributed by atoms with Crippen molar-refractivity contribution in [2.75, 3.05) is 25.1 Å². The predicted molar refractivity (Wildman–Crippen MR) is 151 cm³/mol. The van der Waals surface area contributed by atoms with Crippen LogP contribution in [-0.4, -0.2) is 58.7 Å². The van der Waals surface area contributed by atoms with Gasteiger partial charge in [-0.3, -0.25) is 14.5 Å². The van der Waals surface area contributed by atoms with Crippen molar-refractivity contribution >= 4 is 22.8 Å². The predicted octanol–water partition coefficient (Wildman–Crippen LogP) is 5.46. The number of benzene rings is 1. The van der Waals surface area contributed by atoms with Gasteiger partial charge < -0.3 is 14.2 Å². The highest BCUT2D eigenvalue weighted by molar-refractivity contribution is 5.76. The summed E-state index contributed by atoms with van der Waals surface area (Å²) in [5.74, 6) is 0.764. The van der Waals surface area contributed by atoms with Gasteiger partial charge >= 0.3 is 5.97 Å². The lowest BCUT2D eigenvalue weighted by Gasteiger charge is -2.45. The van der Waals surface area contributed by atoms with Crippen molar-refractivity contribution in [3.8, 4) is 0 Å². The molecule has 3 aliphatic heterocycles. The van der Waals surface area contributed by atoms with Gasteiger partial charge in [0.05, 0.1) is 18.1 Å². The summed E-state index contributed by atoms with van der Waals surface area (Å²) in [5, 5.41) is 0. The SMILES string of the molecule is COC(=O)CC1CCN(c2nc3ccccc3n(C3C[C@H]4CC[C@@H](C3)N4C3CCCCCCC3)c2=O)CC1. The molecule has 6 rings (SSSR count). The number of anilines is 1. The van der Waals surface area contributed by atoms with Gasteiger partial charge in [0.2, 0.25) is 0 Å². The minimum Gasteiger partial charge on any atom is -0.469 e. The molecule has 206 valence electrons. The van der Waals surface area contributed by atoms with Crippen LogP contribution in [0.15, 0.2) is 29.1 Å². The second kappa shape index (κ2) is 11.4. The summed E-state index contributed by atoms with van der Waals surface area (Å²) in [5.41, 5.74) is 1.96. The molecular weight excluding hydrogens is 476 g/mol. The van der Waals surface area contributed by atoms with Crippen LogP contribution in [0, 0.1) is 5.92 Å². The number of ether oxygens (including phenoxy) is 1. The molecule has 0 spiro atoms. The van der Waals surface area contributed by atoms with E-state index < -0.39 is 0 Å². The Bertz CT molecular complexity index is 1170. The molecule has 2 bridgehead atoms. The number of methoxy groups -OCH3 is 1. The number of nitrogens with zero attached hydrogens (tertiary/aromatic N) is 4. The zero-order valence-corrected chi connectivity index (χ0v) is 23.0. The third-order valence-electron chi connectivity index (χ3n) is 10.0. The summed E-state index contributed by atoms with van der Waals surface area (Å²) < 4.78 is 7.00. The first-order valence-electron chi connectivity index (χ1n) is 15.2. The molecule has 4 heterocycles. The molecule has 1 aliphatic carbocycles. The summed E-state index contributed by atoms with van der Waals surface area (Å²) in [6.45, 7) is 1.52. The van der Waals surface area contributed by atoms with Crippen molar-refractivity contribution < 1.29 is 9.53 Å². The standard InChI is InChI=1S/C31H44N4O3/c1-38-29(36)19-22-15-17-33(18-16-22)30-31(37)35(28-12-8-7-11-27(28)32-30)26-20-24-13-14-25(21-26)34(24)23-9-5-3-2-4-6-10-23/h7-8,11-12,22-26H,2-6,9-10,13-21H2,1H3/t24-,25+,26?. The van der Waals surface area contributed by atoms with Gasteiger partial charge in [0, 0.05) is 43.7 Å². The highest BCUT2D eigenvalue weighted by Gasteiger charge is 2.44. The maximum atomic E-state index is 14.2. The van der Waals surface area contributed by atoms with Gasteiger partial charge in [0.1, 0.15) is 0 Å². The smallest absolute Gasteiger partial charge is 0.305 e. The number of fused-ring (bicyclic) bond motifs is 3. The minimum absolute atomic E-state index is 0.0684. The fourth-order valence-corrected chi connectivity index (χ4v) is 8.10. The fraction of sp³-hybridized carbons (Fsp3) is 0.710. The molecule has 0 radical (unpaired) electrons. The van der Waals surface area contributed by atoms with E-state index in [0.717, 1.165) is 55.8 Å². The summed E-state index contributed by atoms with van der Waals surface area (Å²) in [4.78, 5) is 35.9. The van der Waals surface area contributed by atoms with Crippen LogP contribution in [-0.2, 0) is 9.53 Å². The summed E-state index contributed by atoms with van der Waals surface area (Å²) >= 11 is 0. The molecule has 38 heavy (non-hydrogen) atoms. The van der Waals surface area contributed by atoms with Crippen LogP contribution in [0.5, 0.6) is 0 Å². The zero-order chi connectivity index (χ0) is 26.1. The second-order valence-corrected chi connectivity index (χ2v) is 12.3. The average molecular weight is 521 g/mol. The third-order valence-corrected chi connectivity index (χ3v) is 10.0. The van der Waals surface area contributed by atoms with Crippen molar-refractivity contribution in [3.05, 3.63) is 34.6 Å². The van der Waals surface area contributed by atoms with Crippen LogP contribution >= 0.6 is 0 Å². The fourth-order valence-electron chi connectivity index (χ4n) is 8.10. The molecule has 3 saturated heterocycles. The maximum absolute atomic E-state index is 14.2. The minimum atomic E-state index is -0.144. The van der Waals surface area contributed by atoms with Crippen molar-refractivity contribution in [1.29, 1.82) is 0 Å². The van der Waals surface area contributed by atoms with Gasteiger partial charge in [-0.25, -0.2) is 4.98 Å². The van der Waals surface area contributed by atoms with Crippen molar-refractivity contribution in [3.63, 3.8) is 0 Å². The number of piperidine rings is 2. The Morgan fingerprint density at radius 1 is 0.868 bits per heavy atom. The van der Waals surface area contributed by atoms with Crippen LogP contribution in [0.2, 0.25) is 0 Å². The van der Waals surface area contributed by atoms with Crippen molar-refractivity contribution in [1.82, 2.24) is 14.5 Å². The molecule has 0 N–H and O–H groups in total. The number of para-hydroxylation sites is 2. The molecule has 1 unspecified atom stereocenters. The number of rotatable bonds is 5. The van der Waals surface area contributed by atoms with Gasteiger partial charge in [-0.1, -0.05) is 44.2 Å². The molecule has 1 saturated carbocycles. The monoisotopic (exact) mass is 520 g/mol. The largest absolute Gasteiger partial charge is 0.469 e. The summed E-state index contributed by atoms with van der Waals surface area (Å²) in [6.07, 6.45) is 16.6. The summed E-state index contributed by atoms with van der Waals surface area (Å²) in [7, 11) is 1.45. The van der Waals surface area contributed by atoms with E-state index in [1.165, 1.54) is 64.9 Å². The average Bonchev–Trinajstić information content (AvgIpc) is 3.17. The lowest BCUT2D eigenvalue weighted by atomic mass is 9.89. The molecule has 4 fully saturated rings. The molecule has 2 aromatic rings. The normalized spacial score (nSPS) is 27.8. The Balaban J connectivity index is 1.25. The molecule has 7 heteroatoms. The second-order valence-electron chi connectivity index (χ2n) is 12.3. The Morgan fingerprint density at radius 2 is 1.53 bits per heavy atom. The number of hydrogen-bond acceptors (Lipinski definition) is 6. The molecule has 0 amide bonds. The first-order valence-corrected chi connectivity index (χ1v) is 15.2. The number of aromatic nitrogens is 2. The van der Waals surface area contributed by atoms with Gasteiger partial charge in [-0.15, -0.1) is 0 Å². The lowest BCUT2D eigenvalue weighted by molar-refractivity contribution is -0.141. The van der Waals surface area contributed by atoms with E-state index in [2.05, 4.69) is 26.5 Å². The third kappa shape index (κ3) is 5.11. The highest BCUT2D eigenvalue weighted by atomic mass is 16.5. The number of carbonyl (C=O) groups excluding carboxylic acids is 1. The van der Waals surface area contributed by atoms with Crippen LogP contribution < -0.4 is 10.5 Å². The van der Waals surface area contributed by atoms with Gasteiger partial charge in [-0.05, 0) is 69.4 Å². The van der Waals surface area contributed by atoms with E-state index in [1.54, 1.807) is 0 Å². The Labute approximate surface area is 226 Å². The van der Waals surface area contributed by atoms with Crippen molar-refractivity contribution in [2.24, 2.45) is 5.92 Å². The van der Waals surface area contributed by atoms with Gasteiger partial charge in [0.15, 0.2) is 5.82 Å². The first kappa shape index (κ1) is 25.8. The van der Waals surface area contributed by atoms with Gasteiger partial charge in [-0.2, -0.15) is 0 Å². The van der Waals surface area contributed by atoms with Crippen LogP contribution in [0.25, 0.3) is 11.0 Å². The first-order chi connectivity index (χ1) is 18.6. The highest BCUT2D eigenvalue weighted by Crippen LogP contribution is 2.44. The van der Waals surface area contributed by atoms with E-state index in [0.29, 0.717) is 30.2 Å². The topological polar surface area (TPSA) is 67.7 Å². The Morgan fingerprint density at radius 3 is 2.21 bits per heavy atom. The quantitative estimate of drug-likeness (QED) is 0.488.